The van der Waals surface area contributed by atoms with Crippen LogP contribution >= 0.6 is 0 Å². The molecular weight excluding hydrogens is 376 g/mol. The molecule has 0 unspecified atom stereocenters. The highest BCUT2D eigenvalue weighted by molar-refractivity contribution is 7.90. The monoisotopic (exact) mass is 400 g/mol. The van der Waals surface area contributed by atoms with Crippen LogP contribution < -0.4 is 10.0 Å². The number of hydrogen-bond donors (Lipinski definition) is 2. The summed E-state index contributed by atoms with van der Waals surface area (Å²) in [5.41, 5.74) is 2.79. The average molecular weight is 401 g/mol. The number of rotatable bonds is 7. The van der Waals surface area contributed by atoms with Gasteiger partial charge in [-0.15, -0.1) is 0 Å². The highest BCUT2D eigenvalue weighted by atomic mass is 32.2. The summed E-state index contributed by atoms with van der Waals surface area (Å²) >= 11 is 0. The van der Waals surface area contributed by atoms with Gasteiger partial charge in [-0.05, 0) is 37.4 Å². The minimum atomic E-state index is -3.55. The Hall–Kier alpha value is -2.71. The molecule has 1 amide bonds. The summed E-state index contributed by atoms with van der Waals surface area (Å²) in [5.74, 6) is 0.163. The van der Waals surface area contributed by atoms with Gasteiger partial charge in [0.15, 0.2) is 0 Å². The Morgan fingerprint density at radius 3 is 2.46 bits per heavy atom. The van der Waals surface area contributed by atoms with E-state index in [1.165, 1.54) is 11.6 Å². The van der Waals surface area contributed by atoms with Gasteiger partial charge in [-0.25, -0.2) is 8.42 Å². The molecule has 7 nitrogen and oxygen atoms in total. The van der Waals surface area contributed by atoms with E-state index in [-0.39, 0.29) is 23.8 Å². The van der Waals surface area contributed by atoms with E-state index in [9.17, 15) is 13.2 Å². The van der Waals surface area contributed by atoms with Crippen LogP contribution in [0, 0.1) is 0 Å². The van der Waals surface area contributed by atoms with Gasteiger partial charge < -0.3 is 10.2 Å². The zero-order valence-electron chi connectivity index (χ0n) is 16.0. The van der Waals surface area contributed by atoms with Crippen molar-refractivity contribution < 1.29 is 13.2 Å². The number of carbonyl (C=O) groups is 1. The van der Waals surface area contributed by atoms with Gasteiger partial charge in [-0.3, -0.25) is 14.5 Å². The number of amides is 1. The molecule has 0 aliphatic carbocycles. The lowest BCUT2D eigenvalue weighted by atomic mass is 10.1. The van der Waals surface area contributed by atoms with E-state index in [1.54, 1.807) is 18.2 Å². The minimum absolute atomic E-state index is 0.129. The van der Waals surface area contributed by atoms with Crippen LogP contribution in [-0.4, -0.2) is 45.7 Å². The van der Waals surface area contributed by atoms with Crippen LogP contribution in [0.15, 0.2) is 58.4 Å². The third-order valence-corrected chi connectivity index (χ3v) is 5.68. The Kier molecular flexibility index (Phi) is 6.11. The van der Waals surface area contributed by atoms with Crippen LogP contribution in [0.25, 0.3) is 0 Å². The number of sulfonamides is 1. The molecule has 0 spiro atoms. The van der Waals surface area contributed by atoms with Crippen molar-refractivity contribution in [3.8, 4) is 0 Å². The molecule has 0 bridgehead atoms. The van der Waals surface area contributed by atoms with E-state index in [2.05, 4.69) is 32.1 Å². The van der Waals surface area contributed by atoms with Crippen LogP contribution in [0.4, 0.5) is 0 Å². The summed E-state index contributed by atoms with van der Waals surface area (Å²) in [4.78, 5) is 18.6. The molecule has 148 valence electrons. The van der Waals surface area contributed by atoms with E-state index in [0.29, 0.717) is 17.9 Å². The molecule has 2 aromatic carbocycles. The number of hydrogen-bond acceptors (Lipinski definition) is 5. The quantitative estimate of drug-likeness (QED) is 0.737. The maximum Gasteiger partial charge on any atom is 0.263 e. The second-order valence-electron chi connectivity index (χ2n) is 6.91. The number of nitrogens with one attached hydrogen (secondary N) is 2. The second kappa shape index (κ2) is 8.53. The molecule has 0 radical (unpaired) electrons. The lowest BCUT2D eigenvalue weighted by Gasteiger charge is -2.10. The number of nitrogens with zero attached hydrogens (tertiary/aromatic N) is 2. The molecule has 2 N–H and O–H groups in total. The zero-order chi connectivity index (χ0) is 20.1. The van der Waals surface area contributed by atoms with Gasteiger partial charge in [0.2, 0.25) is 5.91 Å². The van der Waals surface area contributed by atoms with Crippen LogP contribution in [0.2, 0.25) is 0 Å². The van der Waals surface area contributed by atoms with E-state index in [1.807, 2.05) is 26.2 Å². The predicted octanol–water partition coefficient (Wildman–Crippen LogP) is 1.49. The molecule has 8 heteroatoms. The molecule has 1 aliphatic rings. The molecule has 1 heterocycles. The molecule has 0 fully saturated rings. The largest absolute Gasteiger partial charge is 0.352 e. The van der Waals surface area contributed by atoms with Gasteiger partial charge in [0.25, 0.3) is 10.0 Å². The van der Waals surface area contributed by atoms with Crippen molar-refractivity contribution in [1.29, 1.82) is 0 Å². The van der Waals surface area contributed by atoms with Gasteiger partial charge in [0, 0.05) is 25.1 Å². The number of carbonyl (C=O) groups excluding carboxylic acids is 1. The highest BCUT2D eigenvalue weighted by Gasteiger charge is 2.29. The first-order valence-corrected chi connectivity index (χ1v) is 10.5. The Morgan fingerprint density at radius 1 is 1.07 bits per heavy atom. The van der Waals surface area contributed by atoms with Gasteiger partial charge in [0.05, 0.1) is 11.4 Å². The molecule has 3 rings (SSSR count). The van der Waals surface area contributed by atoms with Crippen molar-refractivity contribution in [2.75, 3.05) is 20.6 Å². The Bertz CT molecular complexity index is 983. The van der Waals surface area contributed by atoms with Gasteiger partial charge >= 0.3 is 0 Å². The van der Waals surface area contributed by atoms with Crippen molar-refractivity contribution in [2.45, 2.75) is 24.4 Å². The SMILES string of the molecule is CN(C)Cc1ccc(CNC(=O)CCN=C2NS(=O)(=O)c3ccccc32)cc1. The normalized spacial score (nSPS) is 16.0. The summed E-state index contributed by atoms with van der Waals surface area (Å²) in [6, 6.07) is 14.8. The van der Waals surface area contributed by atoms with Crippen molar-refractivity contribution in [2.24, 2.45) is 4.99 Å². The van der Waals surface area contributed by atoms with Gasteiger partial charge in [-0.2, -0.15) is 0 Å². The predicted molar refractivity (Wildman–Crippen MR) is 108 cm³/mol. The second-order valence-corrected chi connectivity index (χ2v) is 8.56. The third kappa shape index (κ3) is 4.96. The zero-order valence-corrected chi connectivity index (χ0v) is 16.8. The average Bonchev–Trinajstić information content (AvgIpc) is 2.92. The molecule has 2 aromatic rings. The van der Waals surface area contributed by atoms with Crippen LogP contribution in [0.3, 0.4) is 0 Å². The maximum absolute atomic E-state index is 12.0. The van der Waals surface area contributed by atoms with Crippen LogP contribution in [0.5, 0.6) is 0 Å². The molecule has 0 saturated heterocycles. The number of amidine groups is 1. The summed E-state index contributed by atoms with van der Waals surface area (Å²) in [7, 11) is 0.494. The smallest absolute Gasteiger partial charge is 0.263 e. The Morgan fingerprint density at radius 2 is 1.75 bits per heavy atom. The Balaban J connectivity index is 1.50. The fourth-order valence-electron chi connectivity index (χ4n) is 2.94. The van der Waals surface area contributed by atoms with E-state index >= 15 is 0 Å². The number of aliphatic imine (C=N–C) groups is 1. The molecule has 0 atom stereocenters. The molecule has 0 aromatic heterocycles. The van der Waals surface area contributed by atoms with Crippen molar-refractivity contribution >= 4 is 21.8 Å². The maximum atomic E-state index is 12.0. The van der Waals surface area contributed by atoms with E-state index < -0.39 is 10.0 Å². The van der Waals surface area contributed by atoms with E-state index in [4.69, 9.17) is 0 Å². The fourth-order valence-corrected chi connectivity index (χ4v) is 4.19. The standard InChI is InChI=1S/C20H24N4O3S/c1-24(2)14-16-9-7-15(8-10-16)13-22-19(25)11-12-21-20-17-5-3-4-6-18(17)28(26,27)23-20/h3-10H,11-14H2,1-2H3,(H,21,23)(H,22,25). The van der Waals surface area contributed by atoms with E-state index in [0.717, 1.165) is 12.1 Å². The third-order valence-electron chi connectivity index (χ3n) is 4.28. The first-order chi connectivity index (χ1) is 13.3. The van der Waals surface area contributed by atoms with Crippen LogP contribution in [-0.2, 0) is 27.9 Å². The summed E-state index contributed by atoms with van der Waals surface area (Å²) in [6.07, 6.45) is 0.187. The fraction of sp³-hybridized carbons (Fsp3) is 0.300. The molecule has 0 saturated carbocycles. The summed E-state index contributed by atoms with van der Waals surface area (Å²) in [5, 5.41) is 2.86. The van der Waals surface area contributed by atoms with Gasteiger partial charge in [0.1, 0.15) is 5.84 Å². The summed E-state index contributed by atoms with van der Waals surface area (Å²) < 4.78 is 26.5. The number of fused-ring (bicyclic) bond motifs is 1. The lowest BCUT2D eigenvalue weighted by molar-refractivity contribution is -0.121. The molecular formula is C20H24N4O3S. The minimum Gasteiger partial charge on any atom is -0.352 e. The van der Waals surface area contributed by atoms with Crippen molar-refractivity contribution in [3.05, 3.63) is 65.2 Å². The number of benzene rings is 2. The first kappa shape index (κ1) is 20.0. The topological polar surface area (TPSA) is 90.9 Å². The van der Waals surface area contributed by atoms with Gasteiger partial charge in [-0.1, -0.05) is 36.4 Å². The van der Waals surface area contributed by atoms with Crippen molar-refractivity contribution in [1.82, 2.24) is 14.9 Å². The van der Waals surface area contributed by atoms with Crippen molar-refractivity contribution in [3.63, 3.8) is 0 Å². The molecule has 1 aliphatic heterocycles. The first-order valence-electron chi connectivity index (χ1n) is 9.01. The molecule has 28 heavy (non-hydrogen) atoms. The van der Waals surface area contributed by atoms with Crippen LogP contribution in [0.1, 0.15) is 23.1 Å². The Labute approximate surface area is 165 Å². The lowest BCUT2D eigenvalue weighted by Crippen LogP contribution is -2.25. The highest BCUT2D eigenvalue weighted by Crippen LogP contribution is 2.22. The summed E-state index contributed by atoms with van der Waals surface area (Å²) in [6.45, 7) is 1.53.